The normalized spacial score (nSPS) is 17.7. The van der Waals surface area contributed by atoms with Gasteiger partial charge < -0.3 is 14.2 Å². The average molecular weight is 314 g/mol. The molecule has 3 rings (SSSR count). The second kappa shape index (κ2) is 6.58. The van der Waals surface area contributed by atoms with Crippen molar-refractivity contribution in [3.63, 3.8) is 0 Å². The molecule has 0 spiro atoms. The molecular weight excluding hydrogens is 299 g/mol. The Hall–Kier alpha value is -2.72. The van der Waals surface area contributed by atoms with Crippen LogP contribution in [0.4, 0.5) is 4.39 Å². The summed E-state index contributed by atoms with van der Waals surface area (Å²) in [5.74, 6) is -0.196. The quantitative estimate of drug-likeness (QED) is 0.860. The number of carbonyl (C=O) groups excluding carboxylic acids is 1. The Kier molecular flexibility index (Phi) is 4.35. The van der Waals surface area contributed by atoms with Crippen molar-refractivity contribution in [3.05, 3.63) is 53.9 Å². The molecule has 6 nitrogen and oxygen atoms in total. The summed E-state index contributed by atoms with van der Waals surface area (Å²) in [5, 5.41) is 8.93. The standard InChI is InChI=1S/C16H15FN4O2/c17-13-3-1-12(2-4-13)14-10-21(7-8-23-14)16(22)11-20-6-5-19-15(20)9-18/h1-6,14H,7-8,10-11H2/t14-/m0/s1. The second-order valence-electron chi connectivity index (χ2n) is 5.24. The minimum Gasteiger partial charge on any atom is -0.370 e. The van der Waals surface area contributed by atoms with E-state index in [-0.39, 0.29) is 30.2 Å². The summed E-state index contributed by atoms with van der Waals surface area (Å²) >= 11 is 0. The number of nitrogens with zero attached hydrogens (tertiary/aromatic N) is 4. The van der Waals surface area contributed by atoms with E-state index in [0.29, 0.717) is 19.7 Å². The van der Waals surface area contributed by atoms with Crippen molar-refractivity contribution in [1.29, 1.82) is 5.26 Å². The summed E-state index contributed by atoms with van der Waals surface area (Å²) in [6.45, 7) is 1.38. The summed E-state index contributed by atoms with van der Waals surface area (Å²) < 4.78 is 20.2. The number of rotatable bonds is 3. The molecule has 0 unspecified atom stereocenters. The van der Waals surface area contributed by atoms with E-state index < -0.39 is 0 Å². The van der Waals surface area contributed by atoms with Gasteiger partial charge in [-0.15, -0.1) is 0 Å². The first kappa shape index (κ1) is 15.2. The lowest BCUT2D eigenvalue weighted by atomic mass is 10.1. The number of halogens is 1. The molecule has 2 aromatic rings. The zero-order valence-electron chi connectivity index (χ0n) is 12.4. The lowest BCUT2D eigenvalue weighted by Gasteiger charge is -2.33. The Morgan fingerprint density at radius 1 is 1.43 bits per heavy atom. The summed E-state index contributed by atoms with van der Waals surface area (Å²) in [6, 6.07) is 8.03. The molecule has 0 radical (unpaired) electrons. The molecule has 0 aliphatic carbocycles. The maximum absolute atomic E-state index is 13.0. The fourth-order valence-corrected chi connectivity index (χ4v) is 2.55. The van der Waals surface area contributed by atoms with Gasteiger partial charge in [-0.25, -0.2) is 9.37 Å². The van der Waals surface area contributed by atoms with Crippen LogP contribution in [0, 0.1) is 17.1 Å². The molecule has 1 aromatic carbocycles. The number of hydrogen-bond donors (Lipinski definition) is 0. The molecule has 1 atom stereocenters. The highest BCUT2D eigenvalue weighted by Crippen LogP contribution is 2.22. The molecule has 7 heteroatoms. The minimum absolute atomic E-state index is 0.0685. The molecule has 1 aliphatic rings. The molecule has 0 bridgehead atoms. The van der Waals surface area contributed by atoms with Gasteiger partial charge in [0.15, 0.2) is 0 Å². The monoisotopic (exact) mass is 314 g/mol. The highest BCUT2D eigenvalue weighted by molar-refractivity contribution is 5.76. The van der Waals surface area contributed by atoms with Crippen LogP contribution in [0.2, 0.25) is 0 Å². The van der Waals surface area contributed by atoms with E-state index in [2.05, 4.69) is 4.98 Å². The number of aromatic nitrogens is 2. The van der Waals surface area contributed by atoms with E-state index >= 15 is 0 Å². The van der Waals surface area contributed by atoms with E-state index in [1.54, 1.807) is 23.2 Å². The highest BCUT2D eigenvalue weighted by atomic mass is 19.1. The number of imidazole rings is 1. The number of ether oxygens (including phenoxy) is 1. The molecule has 0 saturated carbocycles. The largest absolute Gasteiger partial charge is 0.370 e. The molecular formula is C16H15FN4O2. The fraction of sp³-hybridized carbons (Fsp3) is 0.312. The molecule has 0 N–H and O–H groups in total. The molecule has 1 aromatic heterocycles. The summed E-state index contributed by atoms with van der Waals surface area (Å²) in [5.41, 5.74) is 0.837. The van der Waals surface area contributed by atoms with Crippen LogP contribution in [-0.4, -0.2) is 40.1 Å². The first-order valence-corrected chi connectivity index (χ1v) is 7.23. The van der Waals surface area contributed by atoms with Crippen LogP contribution in [0.5, 0.6) is 0 Å². The van der Waals surface area contributed by atoms with Crippen LogP contribution in [0.1, 0.15) is 17.5 Å². The first-order valence-electron chi connectivity index (χ1n) is 7.23. The minimum atomic E-state index is -0.304. The Balaban J connectivity index is 1.67. The van der Waals surface area contributed by atoms with Crippen molar-refractivity contribution in [1.82, 2.24) is 14.5 Å². The van der Waals surface area contributed by atoms with Gasteiger partial charge in [0, 0.05) is 18.9 Å². The Morgan fingerprint density at radius 3 is 2.96 bits per heavy atom. The van der Waals surface area contributed by atoms with Gasteiger partial charge >= 0.3 is 0 Å². The third-order valence-corrected chi connectivity index (χ3v) is 3.78. The van der Waals surface area contributed by atoms with E-state index in [4.69, 9.17) is 10.00 Å². The number of nitriles is 1. The van der Waals surface area contributed by atoms with Crippen molar-refractivity contribution < 1.29 is 13.9 Å². The van der Waals surface area contributed by atoms with E-state index in [9.17, 15) is 9.18 Å². The van der Waals surface area contributed by atoms with Gasteiger partial charge in [-0.1, -0.05) is 12.1 Å². The molecule has 2 heterocycles. The predicted molar refractivity (Wildman–Crippen MR) is 78.6 cm³/mol. The van der Waals surface area contributed by atoms with Gasteiger partial charge in [0.1, 0.15) is 24.5 Å². The van der Waals surface area contributed by atoms with Gasteiger partial charge in [0.2, 0.25) is 11.7 Å². The van der Waals surface area contributed by atoms with Gasteiger partial charge in [-0.2, -0.15) is 5.26 Å². The number of carbonyl (C=O) groups is 1. The third-order valence-electron chi connectivity index (χ3n) is 3.78. The van der Waals surface area contributed by atoms with Crippen LogP contribution < -0.4 is 0 Å². The molecule has 118 valence electrons. The lowest BCUT2D eigenvalue weighted by molar-refractivity contribution is -0.139. The summed E-state index contributed by atoms with van der Waals surface area (Å²) in [7, 11) is 0. The Bertz CT molecular complexity index is 735. The number of amides is 1. The van der Waals surface area contributed by atoms with E-state index in [1.165, 1.54) is 22.9 Å². The molecule has 23 heavy (non-hydrogen) atoms. The van der Waals surface area contributed by atoms with E-state index in [1.807, 2.05) is 6.07 Å². The zero-order valence-corrected chi connectivity index (χ0v) is 12.4. The van der Waals surface area contributed by atoms with Crippen molar-refractivity contribution in [2.75, 3.05) is 19.7 Å². The third kappa shape index (κ3) is 3.38. The van der Waals surface area contributed by atoms with Crippen molar-refractivity contribution in [2.45, 2.75) is 12.6 Å². The fourth-order valence-electron chi connectivity index (χ4n) is 2.55. The maximum atomic E-state index is 13.0. The highest BCUT2D eigenvalue weighted by Gasteiger charge is 2.25. The number of hydrogen-bond acceptors (Lipinski definition) is 4. The SMILES string of the molecule is N#Cc1nccn1CC(=O)N1CCO[C@H](c2ccc(F)cc2)C1. The molecule has 1 aliphatic heterocycles. The first-order chi connectivity index (χ1) is 11.2. The van der Waals surface area contributed by atoms with Crippen LogP contribution in [0.25, 0.3) is 0 Å². The van der Waals surface area contributed by atoms with Crippen LogP contribution in [0.3, 0.4) is 0 Å². The molecule has 1 saturated heterocycles. The summed E-state index contributed by atoms with van der Waals surface area (Å²) in [6.07, 6.45) is 2.83. The zero-order chi connectivity index (χ0) is 16.2. The van der Waals surface area contributed by atoms with Gasteiger partial charge in [0.05, 0.1) is 13.2 Å². The van der Waals surface area contributed by atoms with Crippen LogP contribution in [-0.2, 0) is 16.1 Å². The van der Waals surface area contributed by atoms with Crippen LogP contribution in [0.15, 0.2) is 36.7 Å². The smallest absolute Gasteiger partial charge is 0.242 e. The number of morpholine rings is 1. The van der Waals surface area contributed by atoms with Gasteiger partial charge in [-0.3, -0.25) is 4.79 Å². The van der Waals surface area contributed by atoms with Gasteiger partial charge in [0.25, 0.3) is 0 Å². The predicted octanol–water partition coefficient (Wildman–Crippen LogP) is 1.49. The lowest BCUT2D eigenvalue weighted by Crippen LogP contribution is -2.43. The average Bonchev–Trinajstić information content (AvgIpc) is 3.03. The Morgan fingerprint density at radius 2 is 2.22 bits per heavy atom. The van der Waals surface area contributed by atoms with Crippen LogP contribution >= 0.6 is 0 Å². The summed E-state index contributed by atoms with van der Waals surface area (Å²) in [4.78, 5) is 18.0. The van der Waals surface area contributed by atoms with E-state index in [0.717, 1.165) is 5.56 Å². The van der Waals surface area contributed by atoms with Crippen molar-refractivity contribution in [2.24, 2.45) is 0 Å². The maximum Gasteiger partial charge on any atom is 0.242 e. The van der Waals surface area contributed by atoms with Gasteiger partial charge in [-0.05, 0) is 17.7 Å². The molecule has 1 fully saturated rings. The van der Waals surface area contributed by atoms with Crippen molar-refractivity contribution >= 4 is 5.91 Å². The Labute approximate surface area is 132 Å². The molecule has 1 amide bonds. The van der Waals surface area contributed by atoms with Crippen molar-refractivity contribution in [3.8, 4) is 6.07 Å². The second-order valence-corrected chi connectivity index (χ2v) is 5.24. The topological polar surface area (TPSA) is 71.2 Å². The number of benzene rings is 1.